The van der Waals surface area contributed by atoms with Crippen molar-refractivity contribution >= 4 is 47.3 Å². The normalized spacial score (nSPS) is 12.2. The molecule has 3 aromatic rings. The van der Waals surface area contributed by atoms with Crippen LogP contribution in [0, 0.1) is 0 Å². The molecule has 0 N–H and O–H groups in total. The first-order chi connectivity index (χ1) is 11.4. The predicted octanol–water partition coefficient (Wildman–Crippen LogP) is 3.44. The highest BCUT2D eigenvalue weighted by atomic mass is 35.6. The standard InChI is InChI=1S/C21H23ClSi2/c1-23(2,3)18-14-16-21(17-15-18)24(22,19-10-6-4-7-11-19)20-12-8-5-9-13-20/h4-17H,1-3H3. The number of halogens is 1. The SMILES string of the molecule is C[Si](C)(C)c1ccc([Si](Cl)(c2ccccc2)c2ccccc2)cc1. The van der Waals surface area contributed by atoms with Crippen LogP contribution in [0.15, 0.2) is 84.9 Å². The van der Waals surface area contributed by atoms with Gasteiger partial charge in [0.25, 0.3) is 0 Å². The van der Waals surface area contributed by atoms with Gasteiger partial charge in [-0.2, -0.15) is 0 Å². The lowest BCUT2D eigenvalue weighted by molar-refractivity contribution is 1.68. The first-order valence-electron chi connectivity index (χ1n) is 8.33. The van der Waals surface area contributed by atoms with Gasteiger partial charge in [0.2, 0.25) is 7.38 Å². The van der Waals surface area contributed by atoms with Crippen LogP contribution in [0.1, 0.15) is 0 Å². The summed E-state index contributed by atoms with van der Waals surface area (Å²) < 4.78 is 0. The maximum Gasteiger partial charge on any atom is 0.247 e. The van der Waals surface area contributed by atoms with Gasteiger partial charge in [-0.05, 0) is 15.6 Å². The van der Waals surface area contributed by atoms with Crippen LogP contribution in [0.4, 0.5) is 0 Å². The third-order valence-electron chi connectivity index (χ3n) is 4.49. The molecule has 0 amide bonds. The van der Waals surface area contributed by atoms with Crippen LogP contribution in [0.2, 0.25) is 19.6 Å². The highest BCUT2D eigenvalue weighted by molar-refractivity contribution is 7.40. The maximum atomic E-state index is 7.43. The fraction of sp³-hybridized carbons (Fsp3) is 0.143. The van der Waals surface area contributed by atoms with Gasteiger partial charge in [0.15, 0.2) is 0 Å². The van der Waals surface area contributed by atoms with Crippen molar-refractivity contribution in [2.75, 3.05) is 0 Å². The first kappa shape index (κ1) is 17.2. The van der Waals surface area contributed by atoms with Gasteiger partial charge in [-0.15, -0.1) is 11.1 Å². The van der Waals surface area contributed by atoms with Gasteiger partial charge in [-0.1, -0.05) is 110 Å². The summed E-state index contributed by atoms with van der Waals surface area (Å²) in [6, 6.07) is 30.2. The minimum atomic E-state index is -2.47. The molecule has 0 saturated carbocycles. The number of hydrogen-bond acceptors (Lipinski definition) is 0. The summed E-state index contributed by atoms with van der Waals surface area (Å²) >= 11 is 7.43. The van der Waals surface area contributed by atoms with E-state index in [4.69, 9.17) is 11.1 Å². The molecule has 0 bridgehead atoms. The molecule has 0 aromatic heterocycles. The molecule has 0 aliphatic heterocycles. The zero-order valence-electron chi connectivity index (χ0n) is 14.5. The summed E-state index contributed by atoms with van der Waals surface area (Å²) in [6.07, 6.45) is 0. The number of hydrogen-bond donors (Lipinski definition) is 0. The van der Waals surface area contributed by atoms with Gasteiger partial charge in [-0.3, -0.25) is 0 Å². The molecule has 0 aliphatic carbocycles. The van der Waals surface area contributed by atoms with E-state index in [1.807, 2.05) is 0 Å². The van der Waals surface area contributed by atoms with Crippen molar-refractivity contribution in [2.45, 2.75) is 19.6 Å². The molecule has 0 aliphatic rings. The molecule has 0 fully saturated rings. The minimum Gasteiger partial charge on any atom is -0.149 e. The van der Waals surface area contributed by atoms with Gasteiger partial charge in [0, 0.05) is 0 Å². The van der Waals surface area contributed by atoms with Crippen LogP contribution >= 0.6 is 11.1 Å². The molecule has 0 spiro atoms. The molecule has 0 radical (unpaired) electrons. The van der Waals surface area contributed by atoms with Crippen LogP contribution in [-0.2, 0) is 0 Å². The van der Waals surface area contributed by atoms with E-state index in [9.17, 15) is 0 Å². The molecular formula is C21H23ClSi2. The monoisotopic (exact) mass is 366 g/mol. The molecule has 0 saturated heterocycles. The average Bonchev–Trinajstić information content (AvgIpc) is 2.62. The second-order valence-corrected chi connectivity index (χ2v) is 17.0. The van der Waals surface area contributed by atoms with Crippen molar-refractivity contribution in [2.24, 2.45) is 0 Å². The Hall–Kier alpha value is -1.62. The van der Waals surface area contributed by atoms with Crippen molar-refractivity contribution in [1.82, 2.24) is 0 Å². The van der Waals surface area contributed by atoms with E-state index in [1.165, 1.54) is 20.7 Å². The number of benzene rings is 3. The summed E-state index contributed by atoms with van der Waals surface area (Å²) in [6.45, 7) is 7.13. The predicted molar refractivity (Wildman–Crippen MR) is 113 cm³/mol. The quantitative estimate of drug-likeness (QED) is 0.377. The third-order valence-corrected chi connectivity index (χ3v) is 11.9. The van der Waals surface area contributed by atoms with Crippen molar-refractivity contribution in [3.8, 4) is 0 Å². The molecule has 24 heavy (non-hydrogen) atoms. The van der Waals surface area contributed by atoms with Gasteiger partial charge in [0.1, 0.15) is 0 Å². The fourth-order valence-electron chi connectivity index (χ4n) is 3.04. The average molecular weight is 367 g/mol. The molecule has 3 heteroatoms. The Morgan fingerprint density at radius 2 is 0.833 bits per heavy atom. The van der Waals surface area contributed by atoms with Crippen LogP contribution < -0.4 is 20.7 Å². The van der Waals surface area contributed by atoms with E-state index in [1.54, 1.807) is 0 Å². The first-order valence-corrected chi connectivity index (χ1v) is 14.8. The summed E-state index contributed by atoms with van der Waals surface area (Å²) in [5.74, 6) is 0. The van der Waals surface area contributed by atoms with E-state index in [0.717, 1.165) is 0 Å². The number of rotatable bonds is 4. The molecule has 0 heterocycles. The third kappa shape index (κ3) is 3.27. The van der Waals surface area contributed by atoms with Gasteiger partial charge < -0.3 is 0 Å². The Kier molecular flexibility index (Phi) is 4.81. The summed E-state index contributed by atoms with van der Waals surface area (Å²) in [5.41, 5.74) is 0. The fourth-order valence-corrected chi connectivity index (χ4v) is 8.27. The van der Waals surface area contributed by atoms with E-state index in [0.29, 0.717) is 0 Å². The van der Waals surface area contributed by atoms with Gasteiger partial charge in [-0.25, -0.2) is 0 Å². The molecule has 0 atom stereocenters. The lowest BCUT2D eigenvalue weighted by Gasteiger charge is -2.27. The van der Waals surface area contributed by atoms with E-state index < -0.39 is 15.5 Å². The Balaban J connectivity index is 2.16. The maximum absolute atomic E-state index is 7.43. The molecule has 0 unspecified atom stereocenters. The van der Waals surface area contributed by atoms with Gasteiger partial charge in [0.05, 0.1) is 8.07 Å². The van der Waals surface area contributed by atoms with Crippen molar-refractivity contribution in [1.29, 1.82) is 0 Å². The van der Waals surface area contributed by atoms with Crippen LogP contribution in [0.25, 0.3) is 0 Å². The van der Waals surface area contributed by atoms with E-state index in [-0.39, 0.29) is 0 Å². The second-order valence-electron chi connectivity index (χ2n) is 7.22. The largest absolute Gasteiger partial charge is 0.247 e. The Bertz CT molecular complexity index is 751. The minimum absolute atomic E-state index is 1.23. The van der Waals surface area contributed by atoms with Gasteiger partial charge >= 0.3 is 0 Å². The van der Waals surface area contributed by atoms with Crippen LogP contribution in [0.5, 0.6) is 0 Å². The summed E-state index contributed by atoms with van der Waals surface area (Å²) in [4.78, 5) is 0. The van der Waals surface area contributed by atoms with Crippen LogP contribution in [-0.4, -0.2) is 15.5 Å². The van der Waals surface area contributed by atoms with E-state index >= 15 is 0 Å². The molecule has 122 valence electrons. The lowest BCUT2D eigenvalue weighted by atomic mass is 10.3. The molecular weight excluding hydrogens is 344 g/mol. The lowest BCUT2D eigenvalue weighted by Crippen LogP contribution is -2.63. The zero-order valence-corrected chi connectivity index (χ0v) is 17.2. The topological polar surface area (TPSA) is 0 Å². The van der Waals surface area contributed by atoms with Crippen molar-refractivity contribution in [3.05, 3.63) is 84.9 Å². The Morgan fingerprint density at radius 1 is 0.500 bits per heavy atom. The Morgan fingerprint density at radius 3 is 1.21 bits per heavy atom. The second kappa shape index (κ2) is 6.71. The smallest absolute Gasteiger partial charge is 0.149 e. The summed E-state index contributed by atoms with van der Waals surface area (Å²) in [7, 11) is -3.77. The Labute approximate surface area is 151 Å². The molecule has 3 aromatic carbocycles. The highest BCUT2D eigenvalue weighted by Gasteiger charge is 2.37. The summed E-state index contributed by atoms with van der Waals surface area (Å²) in [5, 5.41) is 5.20. The highest BCUT2D eigenvalue weighted by Crippen LogP contribution is 2.12. The zero-order chi connectivity index (χ0) is 17.2. The van der Waals surface area contributed by atoms with Crippen LogP contribution in [0.3, 0.4) is 0 Å². The van der Waals surface area contributed by atoms with E-state index in [2.05, 4.69) is 105 Å². The molecule has 0 nitrogen and oxygen atoms in total. The molecule has 3 rings (SSSR count). The van der Waals surface area contributed by atoms with Crippen molar-refractivity contribution in [3.63, 3.8) is 0 Å². The van der Waals surface area contributed by atoms with Crippen molar-refractivity contribution < 1.29 is 0 Å².